The Morgan fingerprint density at radius 3 is 2.64 bits per heavy atom. The molecule has 7 nitrogen and oxygen atoms in total. The third-order valence-electron chi connectivity index (χ3n) is 3.69. The van der Waals surface area contributed by atoms with Crippen LogP contribution in [0.4, 0.5) is 13.2 Å². The fourth-order valence-electron chi connectivity index (χ4n) is 2.37. The van der Waals surface area contributed by atoms with Crippen LogP contribution in [0.5, 0.6) is 0 Å². The van der Waals surface area contributed by atoms with Gasteiger partial charge in [0.2, 0.25) is 11.1 Å². The first-order valence-corrected chi connectivity index (χ1v) is 9.15. The zero-order valence-corrected chi connectivity index (χ0v) is 15.6. The normalized spacial score (nSPS) is 11.6. The summed E-state index contributed by atoms with van der Waals surface area (Å²) in [6.07, 6.45) is -3.17. The van der Waals surface area contributed by atoms with Crippen molar-refractivity contribution in [2.45, 2.75) is 24.8 Å². The number of nitrogens with zero attached hydrogens (tertiary/aromatic N) is 5. The highest BCUT2D eigenvalue weighted by Gasteiger charge is 2.33. The van der Waals surface area contributed by atoms with Gasteiger partial charge in [-0.15, -0.1) is 5.10 Å². The van der Waals surface area contributed by atoms with Crippen molar-refractivity contribution in [2.75, 3.05) is 12.3 Å². The number of alkyl halides is 3. The van der Waals surface area contributed by atoms with Crippen LogP contribution in [0.2, 0.25) is 0 Å². The molecule has 0 spiro atoms. The Labute approximate surface area is 162 Å². The van der Waals surface area contributed by atoms with Crippen molar-refractivity contribution >= 4 is 17.7 Å². The van der Waals surface area contributed by atoms with Crippen molar-refractivity contribution in [3.8, 4) is 5.69 Å². The van der Waals surface area contributed by atoms with Crippen LogP contribution in [-0.4, -0.2) is 49.5 Å². The van der Waals surface area contributed by atoms with Gasteiger partial charge in [-0.2, -0.15) is 17.9 Å². The number of furan rings is 1. The summed E-state index contributed by atoms with van der Waals surface area (Å²) >= 11 is 0.965. The smallest absolute Gasteiger partial charge is 0.406 e. The number of benzene rings is 1. The number of hydrogen-bond acceptors (Lipinski definition) is 6. The highest BCUT2D eigenvalue weighted by Crippen LogP contribution is 2.22. The van der Waals surface area contributed by atoms with Crippen molar-refractivity contribution in [2.24, 2.45) is 0 Å². The van der Waals surface area contributed by atoms with Crippen molar-refractivity contribution in [3.63, 3.8) is 0 Å². The molecule has 0 aliphatic heterocycles. The summed E-state index contributed by atoms with van der Waals surface area (Å²) in [5, 5.41) is 11.6. The van der Waals surface area contributed by atoms with Crippen LogP contribution < -0.4 is 0 Å². The highest BCUT2D eigenvalue weighted by molar-refractivity contribution is 7.99. The number of rotatable bonds is 7. The van der Waals surface area contributed by atoms with Crippen LogP contribution in [0.1, 0.15) is 11.3 Å². The van der Waals surface area contributed by atoms with Crippen LogP contribution in [-0.2, 0) is 11.3 Å². The van der Waals surface area contributed by atoms with Gasteiger partial charge < -0.3 is 9.32 Å². The van der Waals surface area contributed by atoms with Crippen LogP contribution in [0.25, 0.3) is 5.69 Å². The molecule has 3 aromatic rings. The molecule has 1 amide bonds. The first-order valence-electron chi connectivity index (χ1n) is 8.17. The predicted molar refractivity (Wildman–Crippen MR) is 94.8 cm³/mol. The second-order valence-electron chi connectivity index (χ2n) is 5.94. The van der Waals surface area contributed by atoms with E-state index in [1.54, 1.807) is 6.07 Å². The zero-order valence-electron chi connectivity index (χ0n) is 14.8. The second-order valence-corrected chi connectivity index (χ2v) is 6.88. The van der Waals surface area contributed by atoms with Crippen LogP contribution in [0.15, 0.2) is 52.2 Å². The Kier molecular flexibility index (Phi) is 6.02. The van der Waals surface area contributed by atoms with E-state index in [0.29, 0.717) is 15.7 Å². The van der Waals surface area contributed by atoms with Crippen molar-refractivity contribution < 1.29 is 22.4 Å². The minimum absolute atomic E-state index is 0.247. The topological polar surface area (TPSA) is 77.1 Å². The lowest BCUT2D eigenvalue weighted by molar-refractivity contribution is -0.161. The molecule has 3 rings (SSSR count). The number of carbonyl (C=O) groups excluding carboxylic acids is 1. The van der Waals surface area contributed by atoms with Gasteiger partial charge in [0.1, 0.15) is 12.3 Å². The van der Waals surface area contributed by atoms with Crippen LogP contribution >= 0.6 is 11.8 Å². The molecule has 0 atom stereocenters. The van der Waals surface area contributed by atoms with Gasteiger partial charge in [0.15, 0.2) is 0 Å². The maximum Gasteiger partial charge on any atom is 0.406 e. The Balaban J connectivity index is 1.69. The summed E-state index contributed by atoms with van der Waals surface area (Å²) in [5.74, 6) is -0.674. The molecule has 28 heavy (non-hydrogen) atoms. The van der Waals surface area contributed by atoms with Crippen LogP contribution in [0.3, 0.4) is 0 Å². The molecule has 0 aliphatic rings. The van der Waals surface area contributed by atoms with Gasteiger partial charge in [-0.05, 0) is 41.6 Å². The van der Waals surface area contributed by atoms with E-state index < -0.39 is 18.6 Å². The van der Waals surface area contributed by atoms with E-state index in [1.807, 2.05) is 31.2 Å². The Bertz CT molecular complexity index is 910. The molecule has 0 radical (unpaired) electrons. The van der Waals surface area contributed by atoms with Gasteiger partial charge in [0.25, 0.3) is 0 Å². The lowest BCUT2D eigenvalue weighted by Crippen LogP contribution is -2.39. The average Bonchev–Trinajstić information content (AvgIpc) is 3.30. The van der Waals surface area contributed by atoms with Gasteiger partial charge in [-0.3, -0.25) is 4.79 Å². The second kappa shape index (κ2) is 8.46. The van der Waals surface area contributed by atoms with Gasteiger partial charge in [0, 0.05) is 0 Å². The Hall–Kier alpha value is -2.82. The Morgan fingerprint density at radius 1 is 1.25 bits per heavy atom. The molecule has 2 aromatic heterocycles. The molecule has 0 N–H and O–H groups in total. The van der Waals surface area contributed by atoms with Gasteiger partial charge in [-0.25, -0.2) is 0 Å². The van der Waals surface area contributed by atoms with Gasteiger partial charge in [-0.1, -0.05) is 29.5 Å². The number of tetrazole rings is 1. The first kappa shape index (κ1) is 19.9. The zero-order chi connectivity index (χ0) is 20.1. The number of carbonyl (C=O) groups is 1. The first-order chi connectivity index (χ1) is 13.3. The summed E-state index contributed by atoms with van der Waals surface area (Å²) in [6.45, 7) is 0.302. The monoisotopic (exact) mass is 411 g/mol. The molecule has 0 unspecified atom stereocenters. The number of hydrogen-bond donors (Lipinski definition) is 0. The molecule has 1 aromatic carbocycles. The number of aromatic nitrogens is 4. The number of thioether (sulfide) groups is 1. The van der Waals surface area contributed by atoms with E-state index in [9.17, 15) is 18.0 Å². The molecule has 0 saturated heterocycles. The summed E-state index contributed by atoms with van der Waals surface area (Å²) in [4.78, 5) is 13.1. The minimum atomic E-state index is -4.52. The van der Waals surface area contributed by atoms with E-state index in [0.717, 1.165) is 17.3 Å². The molecule has 0 fully saturated rings. The largest absolute Gasteiger partial charge is 0.467 e. The molecule has 11 heteroatoms. The molecule has 2 heterocycles. The third-order valence-corrected chi connectivity index (χ3v) is 4.60. The maximum absolute atomic E-state index is 12.9. The summed E-state index contributed by atoms with van der Waals surface area (Å²) in [7, 11) is 0. The number of amides is 1. The SMILES string of the molecule is Cc1ccc(-n2nnnc2SCC(=O)N(Cc2ccco2)CC(F)(F)F)cc1. The highest BCUT2D eigenvalue weighted by atomic mass is 32.2. The molecule has 0 saturated carbocycles. The Morgan fingerprint density at radius 2 is 2.00 bits per heavy atom. The van der Waals surface area contributed by atoms with Crippen molar-refractivity contribution in [1.29, 1.82) is 0 Å². The number of aryl methyl sites for hydroxylation is 1. The maximum atomic E-state index is 12.9. The fourth-order valence-corrected chi connectivity index (χ4v) is 3.17. The standard InChI is InChI=1S/C17H16F3N5O2S/c1-12-4-6-13(7-5-12)25-16(21-22-23-25)28-10-15(26)24(11-17(18,19)20)9-14-3-2-8-27-14/h2-8H,9-11H2,1H3. The lowest BCUT2D eigenvalue weighted by Gasteiger charge is -2.22. The van der Waals surface area contributed by atoms with Crippen LogP contribution in [0, 0.1) is 6.92 Å². The van der Waals surface area contributed by atoms with E-state index in [4.69, 9.17) is 4.42 Å². The molecule has 0 aliphatic carbocycles. The van der Waals surface area contributed by atoms with E-state index in [2.05, 4.69) is 15.5 Å². The molecular weight excluding hydrogens is 395 g/mol. The predicted octanol–water partition coefficient (Wildman–Crippen LogP) is 3.25. The molecular formula is C17H16F3N5O2S. The third kappa shape index (κ3) is 5.35. The van der Waals surface area contributed by atoms with E-state index in [-0.39, 0.29) is 18.1 Å². The van der Waals surface area contributed by atoms with Crippen molar-refractivity contribution in [1.82, 2.24) is 25.1 Å². The molecule has 0 bridgehead atoms. The van der Waals surface area contributed by atoms with Gasteiger partial charge >= 0.3 is 6.18 Å². The quantitative estimate of drug-likeness (QED) is 0.556. The van der Waals surface area contributed by atoms with Crippen molar-refractivity contribution in [3.05, 3.63) is 54.0 Å². The fraction of sp³-hybridized carbons (Fsp3) is 0.294. The lowest BCUT2D eigenvalue weighted by atomic mass is 10.2. The minimum Gasteiger partial charge on any atom is -0.467 e. The van der Waals surface area contributed by atoms with E-state index in [1.165, 1.54) is 17.0 Å². The van der Waals surface area contributed by atoms with E-state index >= 15 is 0 Å². The summed E-state index contributed by atoms with van der Waals surface area (Å²) in [6, 6.07) is 10.4. The molecule has 148 valence electrons. The summed E-state index contributed by atoms with van der Waals surface area (Å²) < 4.78 is 45.1. The van der Waals surface area contributed by atoms with Gasteiger partial charge in [0.05, 0.1) is 24.2 Å². The number of halogens is 3. The average molecular weight is 411 g/mol. The summed E-state index contributed by atoms with van der Waals surface area (Å²) in [5.41, 5.74) is 1.75.